The average Bonchev–Trinajstić information content (AvgIpc) is 3.31. The van der Waals surface area contributed by atoms with Crippen molar-refractivity contribution >= 4 is 17.3 Å². The predicted octanol–water partition coefficient (Wildman–Crippen LogP) is 3.06. The van der Waals surface area contributed by atoms with Crippen molar-refractivity contribution in [2.24, 2.45) is 0 Å². The molecule has 8 heteroatoms. The zero-order valence-electron chi connectivity index (χ0n) is 21.1. The Hall–Kier alpha value is -3.20. The molecule has 36 heavy (non-hydrogen) atoms. The highest BCUT2D eigenvalue weighted by Gasteiger charge is 2.20. The highest BCUT2D eigenvalue weighted by atomic mass is 16.5. The van der Waals surface area contributed by atoms with E-state index in [9.17, 15) is 4.79 Å². The zero-order valence-corrected chi connectivity index (χ0v) is 21.1. The summed E-state index contributed by atoms with van der Waals surface area (Å²) in [6, 6.07) is 20.9. The number of piperazine rings is 2. The second kappa shape index (κ2) is 11.7. The molecule has 2 aliphatic heterocycles. The molecule has 0 radical (unpaired) electrons. The number of rotatable bonds is 8. The van der Waals surface area contributed by atoms with Gasteiger partial charge in [0.25, 0.3) is 0 Å². The van der Waals surface area contributed by atoms with Crippen LogP contribution in [0.15, 0.2) is 65.2 Å². The second-order valence-corrected chi connectivity index (χ2v) is 9.83. The van der Waals surface area contributed by atoms with E-state index in [0.717, 1.165) is 82.6 Å². The standard InChI is InChI=1S/C28H36N6O2/c1-23-19-26(30-36-23)21-32-11-13-33(14-12-32)22-28(35)29-25-7-9-27(10-8-25)34-17-15-31(16-18-34)20-24-5-3-2-4-6-24/h2-10,19H,11-18,20-22H2,1H3,(H,29,35). The molecule has 0 bridgehead atoms. The van der Waals surface area contributed by atoms with Crippen molar-refractivity contribution < 1.29 is 9.32 Å². The van der Waals surface area contributed by atoms with E-state index in [1.165, 1.54) is 11.3 Å². The summed E-state index contributed by atoms with van der Waals surface area (Å²) in [4.78, 5) is 22.1. The maximum atomic E-state index is 12.6. The topological polar surface area (TPSA) is 68.1 Å². The fourth-order valence-corrected chi connectivity index (χ4v) is 4.99. The molecule has 8 nitrogen and oxygen atoms in total. The van der Waals surface area contributed by atoms with Crippen molar-refractivity contribution in [3.8, 4) is 0 Å². The number of nitrogens with one attached hydrogen (secondary N) is 1. The molecule has 2 fully saturated rings. The molecule has 1 N–H and O–H groups in total. The predicted molar refractivity (Wildman–Crippen MR) is 142 cm³/mol. The van der Waals surface area contributed by atoms with Crippen LogP contribution in [-0.4, -0.2) is 84.7 Å². The SMILES string of the molecule is Cc1cc(CN2CCN(CC(=O)Nc3ccc(N4CCN(Cc5ccccc5)CC4)cc3)CC2)no1. The highest BCUT2D eigenvalue weighted by molar-refractivity contribution is 5.92. The van der Waals surface area contributed by atoms with Crippen LogP contribution in [0.2, 0.25) is 0 Å². The largest absolute Gasteiger partial charge is 0.369 e. The van der Waals surface area contributed by atoms with Crippen LogP contribution in [-0.2, 0) is 17.9 Å². The molecule has 5 rings (SSSR count). The Morgan fingerprint density at radius 1 is 0.833 bits per heavy atom. The number of hydrogen-bond donors (Lipinski definition) is 1. The molecule has 3 heterocycles. The molecule has 1 aromatic heterocycles. The Labute approximate surface area is 213 Å². The van der Waals surface area contributed by atoms with Gasteiger partial charge in [-0.05, 0) is 36.8 Å². The molecular formula is C28H36N6O2. The van der Waals surface area contributed by atoms with Gasteiger partial charge in [0.2, 0.25) is 5.91 Å². The van der Waals surface area contributed by atoms with Gasteiger partial charge < -0.3 is 14.7 Å². The summed E-state index contributed by atoms with van der Waals surface area (Å²) in [7, 11) is 0. The summed E-state index contributed by atoms with van der Waals surface area (Å²) in [6.45, 7) is 11.9. The van der Waals surface area contributed by atoms with Gasteiger partial charge in [-0.2, -0.15) is 0 Å². The minimum Gasteiger partial charge on any atom is -0.369 e. The van der Waals surface area contributed by atoms with E-state index in [4.69, 9.17) is 4.52 Å². The van der Waals surface area contributed by atoms with Crippen LogP contribution < -0.4 is 10.2 Å². The fourth-order valence-electron chi connectivity index (χ4n) is 4.99. The molecule has 0 atom stereocenters. The van der Waals surface area contributed by atoms with E-state index in [-0.39, 0.29) is 5.91 Å². The van der Waals surface area contributed by atoms with Crippen LogP contribution >= 0.6 is 0 Å². The van der Waals surface area contributed by atoms with Gasteiger partial charge in [0.1, 0.15) is 5.76 Å². The number of nitrogens with zero attached hydrogens (tertiary/aromatic N) is 5. The number of aromatic nitrogens is 1. The van der Waals surface area contributed by atoms with Gasteiger partial charge in [-0.3, -0.25) is 19.5 Å². The molecule has 2 aliphatic rings. The van der Waals surface area contributed by atoms with E-state index in [2.05, 4.69) is 72.5 Å². The molecule has 0 saturated carbocycles. The van der Waals surface area contributed by atoms with Crippen LogP contribution in [0.4, 0.5) is 11.4 Å². The van der Waals surface area contributed by atoms with Crippen LogP contribution in [0.5, 0.6) is 0 Å². The Bertz CT molecular complexity index is 1100. The first-order valence-corrected chi connectivity index (χ1v) is 12.9. The number of hydrogen-bond acceptors (Lipinski definition) is 7. The van der Waals surface area contributed by atoms with Crippen LogP contribution in [0.1, 0.15) is 17.0 Å². The van der Waals surface area contributed by atoms with Crippen LogP contribution in [0, 0.1) is 6.92 Å². The number of carbonyl (C=O) groups excluding carboxylic acids is 1. The van der Waals surface area contributed by atoms with Crippen molar-refractivity contribution in [2.45, 2.75) is 20.0 Å². The number of anilines is 2. The van der Waals surface area contributed by atoms with E-state index >= 15 is 0 Å². The van der Waals surface area contributed by atoms with Gasteiger partial charge in [0.15, 0.2) is 0 Å². The van der Waals surface area contributed by atoms with Crippen LogP contribution in [0.25, 0.3) is 0 Å². The number of aryl methyl sites for hydroxylation is 1. The van der Waals surface area contributed by atoms with Gasteiger partial charge in [-0.15, -0.1) is 0 Å². The average molecular weight is 489 g/mol. The summed E-state index contributed by atoms with van der Waals surface area (Å²) in [5, 5.41) is 7.14. The lowest BCUT2D eigenvalue weighted by molar-refractivity contribution is -0.117. The lowest BCUT2D eigenvalue weighted by atomic mass is 10.2. The Morgan fingerprint density at radius 3 is 2.14 bits per heavy atom. The number of carbonyl (C=O) groups is 1. The normalized spacial score (nSPS) is 17.9. The number of benzene rings is 2. The van der Waals surface area contributed by atoms with Crippen molar-refractivity contribution in [1.82, 2.24) is 19.9 Å². The van der Waals surface area contributed by atoms with E-state index in [1.54, 1.807) is 0 Å². The third-order valence-corrected chi connectivity index (χ3v) is 7.03. The second-order valence-electron chi connectivity index (χ2n) is 9.83. The van der Waals surface area contributed by atoms with Gasteiger partial charge >= 0.3 is 0 Å². The fraction of sp³-hybridized carbons (Fsp3) is 0.429. The molecule has 2 saturated heterocycles. The first-order valence-electron chi connectivity index (χ1n) is 12.9. The maximum absolute atomic E-state index is 12.6. The lowest BCUT2D eigenvalue weighted by Crippen LogP contribution is -2.48. The minimum atomic E-state index is 0.0397. The van der Waals surface area contributed by atoms with Gasteiger partial charge in [-0.25, -0.2) is 0 Å². The lowest BCUT2D eigenvalue weighted by Gasteiger charge is -2.36. The zero-order chi connectivity index (χ0) is 24.7. The third kappa shape index (κ3) is 6.72. The van der Waals surface area contributed by atoms with E-state index in [0.29, 0.717) is 6.54 Å². The summed E-state index contributed by atoms with van der Waals surface area (Å²) >= 11 is 0. The van der Waals surface area contributed by atoms with Crippen molar-refractivity contribution in [3.05, 3.63) is 77.7 Å². The van der Waals surface area contributed by atoms with Gasteiger partial charge in [0, 0.05) is 82.9 Å². The molecule has 0 unspecified atom stereocenters. The van der Waals surface area contributed by atoms with E-state index in [1.807, 2.05) is 25.1 Å². The Morgan fingerprint density at radius 2 is 1.47 bits per heavy atom. The minimum absolute atomic E-state index is 0.0397. The quantitative estimate of drug-likeness (QED) is 0.523. The summed E-state index contributed by atoms with van der Waals surface area (Å²) in [5.74, 6) is 0.882. The molecule has 1 amide bonds. The highest BCUT2D eigenvalue weighted by Crippen LogP contribution is 2.20. The molecule has 2 aromatic carbocycles. The summed E-state index contributed by atoms with van der Waals surface area (Å²) in [5.41, 5.74) is 4.41. The Balaban J connectivity index is 1.02. The van der Waals surface area contributed by atoms with Crippen LogP contribution in [0.3, 0.4) is 0 Å². The first-order chi connectivity index (χ1) is 17.6. The molecular weight excluding hydrogens is 452 g/mol. The van der Waals surface area contributed by atoms with Gasteiger partial charge in [-0.1, -0.05) is 35.5 Å². The molecule has 190 valence electrons. The Kier molecular flexibility index (Phi) is 7.95. The summed E-state index contributed by atoms with van der Waals surface area (Å²) in [6.07, 6.45) is 0. The van der Waals surface area contributed by atoms with Crippen molar-refractivity contribution in [2.75, 3.05) is 69.1 Å². The monoisotopic (exact) mass is 488 g/mol. The third-order valence-electron chi connectivity index (χ3n) is 7.03. The first kappa shape index (κ1) is 24.5. The maximum Gasteiger partial charge on any atom is 0.238 e. The van der Waals surface area contributed by atoms with Crippen molar-refractivity contribution in [1.29, 1.82) is 0 Å². The number of amides is 1. The van der Waals surface area contributed by atoms with Crippen molar-refractivity contribution in [3.63, 3.8) is 0 Å². The summed E-state index contributed by atoms with van der Waals surface area (Å²) < 4.78 is 5.16. The molecule has 0 aliphatic carbocycles. The van der Waals surface area contributed by atoms with E-state index < -0.39 is 0 Å². The van der Waals surface area contributed by atoms with Gasteiger partial charge in [0.05, 0.1) is 12.2 Å². The molecule has 3 aromatic rings. The molecule has 0 spiro atoms. The smallest absolute Gasteiger partial charge is 0.238 e.